The van der Waals surface area contributed by atoms with Crippen molar-refractivity contribution in [3.05, 3.63) is 35.4 Å². The lowest BCUT2D eigenvalue weighted by atomic mass is 9.93. The summed E-state index contributed by atoms with van der Waals surface area (Å²) in [6.07, 6.45) is -6.07. The Hall–Kier alpha value is -2.09. The van der Waals surface area contributed by atoms with Crippen LogP contribution in [-0.4, -0.2) is 33.9 Å². The van der Waals surface area contributed by atoms with E-state index in [9.17, 15) is 33.0 Å². The van der Waals surface area contributed by atoms with Gasteiger partial charge in [0.2, 0.25) is 0 Å². The van der Waals surface area contributed by atoms with Crippen LogP contribution < -0.4 is 0 Å². The fourth-order valence-corrected chi connectivity index (χ4v) is 1.93. The molecule has 0 saturated carbocycles. The molecule has 0 aliphatic rings. The van der Waals surface area contributed by atoms with Crippen molar-refractivity contribution in [3.63, 3.8) is 0 Å². The molecule has 0 spiro atoms. The van der Waals surface area contributed by atoms with E-state index >= 15 is 0 Å². The van der Waals surface area contributed by atoms with E-state index in [4.69, 9.17) is 4.74 Å². The van der Waals surface area contributed by atoms with Gasteiger partial charge in [0, 0.05) is 6.42 Å². The lowest BCUT2D eigenvalue weighted by Crippen LogP contribution is -2.52. The first-order chi connectivity index (χ1) is 9.99. The highest BCUT2D eigenvalue weighted by Crippen LogP contribution is 2.31. The number of rotatable bonds is 6. The predicted molar refractivity (Wildman–Crippen MR) is 69.4 cm³/mol. The van der Waals surface area contributed by atoms with Crippen molar-refractivity contribution in [1.82, 2.24) is 0 Å². The van der Waals surface area contributed by atoms with E-state index in [-0.39, 0.29) is 5.56 Å². The SMILES string of the molecule is CC(C)OC(Cc1cccc(C(F)(F)F)c1)(C(=O)O)C(=O)O. The molecule has 2 N–H and O–H groups in total. The van der Waals surface area contributed by atoms with E-state index in [0.717, 1.165) is 12.1 Å². The van der Waals surface area contributed by atoms with Gasteiger partial charge in [-0.05, 0) is 25.5 Å². The number of aliphatic carboxylic acids is 2. The normalized spacial score (nSPS) is 12.5. The van der Waals surface area contributed by atoms with Gasteiger partial charge in [0.15, 0.2) is 0 Å². The largest absolute Gasteiger partial charge is 0.479 e. The van der Waals surface area contributed by atoms with E-state index in [1.807, 2.05) is 0 Å². The molecule has 0 aliphatic carbocycles. The highest BCUT2D eigenvalue weighted by molar-refractivity contribution is 6.02. The maximum absolute atomic E-state index is 12.7. The lowest BCUT2D eigenvalue weighted by Gasteiger charge is -2.27. The quantitative estimate of drug-likeness (QED) is 0.787. The van der Waals surface area contributed by atoms with E-state index in [0.29, 0.717) is 6.07 Å². The number of benzene rings is 1. The van der Waals surface area contributed by atoms with Gasteiger partial charge in [0.05, 0.1) is 11.7 Å². The van der Waals surface area contributed by atoms with Crippen LogP contribution in [0.1, 0.15) is 25.0 Å². The van der Waals surface area contributed by atoms with Gasteiger partial charge in [-0.15, -0.1) is 0 Å². The van der Waals surface area contributed by atoms with Crippen LogP contribution in [0.4, 0.5) is 13.2 Å². The molecule has 122 valence electrons. The molecule has 22 heavy (non-hydrogen) atoms. The van der Waals surface area contributed by atoms with Gasteiger partial charge in [0.25, 0.3) is 5.60 Å². The topological polar surface area (TPSA) is 83.8 Å². The van der Waals surface area contributed by atoms with E-state index < -0.39 is 41.8 Å². The van der Waals surface area contributed by atoms with Crippen LogP contribution in [0.5, 0.6) is 0 Å². The van der Waals surface area contributed by atoms with Gasteiger partial charge in [0.1, 0.15) is 0 Å². The standard InChI is InChI=1S/C14H15F3O5/c1-8(2)22-13(11(18)19,12(20)21)7-9-4-3-5-10(6-9)14(15,16)17/h3-6,8H,7H2,1-2H3,(H,18,19)(H,20,21). The summed E-state index contributed by atoms with van der Waals surface area (Å²) < 4.78 is 43.0. The molecule has 0 heterocycles. The van der Waals surface area contributed by atoms with Crippen LogP contribution in [0.3, 0.4) is 0 Å². The number of hydrogen-bond acceptors (Lipinski definition) is 3. The molecule has 1 rings (SSSR count). The van der Waals surface area contributed by atoms with Gasteiger partial charge in [-0.3, -0.25) is 0 Å². The van der Waals surface area contributed by atoms with Crippen molar-refractivity contribution in [2.75, 3.05) is 0 Å². The van der Waals surface area contributed by atoms with Crippen molar-refractivity contribution < 1.29 is 37.7 Å². The van der Waals surface area contributed by atoms with Crippen molar-refractivity contribution in [1.29, 1.82) is 0 Å². The number of halogens is 3. The third-order valence-electron chi connectivity index (χ3n) is 2.84. The molecule has 8 heteroatoms. The minimum atomic E-state index is -4.61. The summed E-state index contributed by atoms with van der Waals surface area (Å²) in [5.41, 5.74) is -3.72. The Kier molecular flexibility index (Phi) is 5.18. The average Bonchev–Trinajstić information content (AvgIpc) is 2.36. The molecule has 0 aliphatic heterocycles. The van der Waals surface area contributed by atoms with Gasteiger partial charge in [-0.25, -0.2) is 9.59 Å². The zero-order chi connectivity index (χ0) is 17.1. The molecule has 1 aromatic carbocycles. The summed E-state index contributed by atoms with van der Waals surface area (Å²) >= 11 is 0. The number of carboxylic acids is 2. The number of ether oxygens (including phenoxy) is 1. The Morgan fingerprint density at radius 3 is 2.14 bits per heavy atom. The number of alkyl halides is 3. The highest BCUT2D eigenvalue weighted by atomic mass is 19.4. The Balaban J connectivity index is 3.25. The molecule has 0 unspecified atom stereocenters. The molecule has 0 atom stereocenters. The maximum Gasteiger partial charge on any atom is 0.416 e. The smallest absolute Gasteiger partial charge is 0.416 e. The van der Waals surface area contributed by atoms with Gasteiger partial charge >= 0.3 is 18.1 Å². The van der Waals surface area contributed by atoms with Gasteiger partial charge < -0.3 is 14.9 Å². The number of hydrogen-bond donors (Lipinski definition) is 2. The van der Waals surface area contributed by atoms with Crippen LogP contribution in [-0.2, 0) is 26.9 Å². The Bertz CT molecular complexity index is 552. The fourth-order valence-electron chi connectivity index (χ4n) is 1.93. The monoisotopic (exact) mass is 320 g/mol. The molecule has 0 aromatic heterocycles. The molecule has 0 saturated heterocycles. The summed E-state index contributed by atoms with van der Waals surface area (Å²) in [6, 6.07) is 3.84. The van der Waals surface area contributed by atoms with E-state index in [2.05, 4.69) is 0 Å². The first kappa shape index (κ1) is 18.0. The van der Waals surface area contributed by atoms with Crippen LogP contribution in [0.25, 0.3) is 0 Å². The Labute approximate surface area is 124 Å². The summed E-state index contributed by atoms with van der Waals surface area (Å²) in [5, 5.41) is 18.4. The molecular weight excluding hydrogens is 305 g/mol. The molecule has 0 radical (unpaired) electrons. The minimum absolute atomic E-state index is 0.0970. The molecular formula is C14H15F3O5. The molecule has 1 aromatic rings. The summed E-state index contributed by atoms with van der Waals surface area (Å²) in [7, 11) is 0. The molecule has 0 fully saturated rings. The molecule has 0 bridgehead atoms. The third-order valence-corrected chi connectivity index (χ3v) is 2.84. The fraction of sp³-hybridized carbons (Fsp3) is 0.429. The van der Waals surface area contributed by atoms with Crippen molar-refractivity contribution >= 4 is 11.9 Å². The summed E-state index contributed by atoms with van der Waals surface area (Å²) in [5.74, 6) is -3.54. The highest BCUT2D eigenvalue weighted by Gasteiger charge is 2.49. The van der Waals surface area contributed by atoms with Crippen LogP contribution >= 0.6 is 0 Å². The van der Waals surface area contributed by atoms with Gasteiger partial charge in [-0.1, -0.05) is 18.2 Å². The van der Waals surface area contributed by atoms with Crippen LogP contribution in [0.15, 0.2) is 24.3 Å². The second kappa shape index (κ2) is 6.35. The molecule has 5 nitrogen and oxygen atoms in total. The zero-order valence-electron chi connectivity index (χ0n) is 11.8. The molecule has 0 amide bonds. The van der Waals surface area contributed by atoms with Crippen LogP contribution in [0, 0.1) is 0 Å². The second-order valence-electron chi connectivity index (χ2n) is 4.98. The van der Waals surface area contributed by atoms with Gasteiger partial charge in [-0.2, -0.15) is 13.2 Å². The van der Waals surface area contributed by atoms with E-state index in [1.165, 1.54) is 19.9 Å². The number of carbonyl (C=O) groups is 2. The second-order valence-corrected chi connectivity index (χ2v) is 4.98. The first-order valence-electron chi connectivity index (χ1n) is 6.30. The Morgan fingerprint density at radius 1 is 1.18 bits per heavy atom. The lowest BCUT2D eigenvalue weighted by molar-refractivity contribution is -0.188. The average molecular weight is 320 g/mol. The van der Waals surface area contributed by atoms with E-state index in [1.54, 1.807) is 0 Å². The summed E-state index contributed by atoms with van der Waals surface area (Å²) in [4.78, 5) is 22.7. The third kappa shape index (κ3) is 3.97. The first-order valence-corrected chi connectivity index (χ1v) is 6.30. The summed E-state index contributed by atoms with van der Waals surface area (Å²) in [6.45, 7) is 2.87. The predicted octanol–water partition coefficient (Wildman–Crippen LogP) is 2.58. The Morgan fingerprint density at radius 2 is 1.73 bits per heavy atom. The van der Waals surface area contributed by atoms with Crippen molar-refractivity contribution in [3.8, 4) is 0 Å². The number of carboxylic acid groups (broad SMARTS) is 2. The van der Waals surface area contributed by atoms with Crippen molar-refractivity contribution in [2.45, 2.75) is 38.1 Å². The maximum atomic E-state index is 12.7. The van der Waals surface area contributed by atoms with Crippen LogP contribution in [0.2, 0.25) is 0 Å². The minimum Gasteiger partial charge on any atom is -0.479 e. The van der Waals surface area contributed by atoms with Crippen molar-refractivity contribution in [2.24, 2.45) is 0 Å². The zero-order valence-corrected chi connectivity index (χ0v) is 11.8.